The molecule has 1 aromatic heterocycles. The maximum Gasteiger partial charge on any atom is 0.0781 e. The van der Waals surface area contributed by atoms with Crippen LogP contribution < -0.4 is 0 Å². The Morgan fingerprint density at radius 2 is 1.92 bits per heavy atom. The van der Waals surface area contributed by atoms with Crippen LogP contribution in [0.4, 0.5) is 0 Å². The molecule has 0 aliphatic carbocycles. The summed E-state index contributed by atoms with van der Waals surface area (Å²) in [6.07, 6.45) is 1.77. The van der Waals surface area contributed by atoms with Crippen LogP contribution >= 0.6 is 15.9 Å². The Balaban J connectivity index is 2.42. The average molecular weight is 233 g/mol. The number of nitrogens with zero attached hydrogens (tertiary/aromatic N) is 1. The molecule has 0 aliphatic rings. The number of benzene rings is 1. The van der Waals surface area contributed by atoms with Gasteiger partial charge in [-0.2, -0.15) is 0 Å². The fourth-order valence-electron chi connectivity index (χ4n) is 1.09. The summed E-state index contributed by atoms with van der Waals surface area (Å²) in [4.78, 5) is 4.21. The van der Waals surface area contributed by atoms with Crippen molar-refractivity contribution < 1.29 is 0 Å². The van der Waals surface area contributed by atoms with E-state index < -0.39 is 0 Å². The molecule has 13 heavy (non-hydrogen) atoms. The van der Waals surface area contributed by atoms with Gasteiger partial charge in [0, 0.05) is 22.3 Å². The SMILES string of the molecule is Brc1ccc(-c2[c]cccn2)cc1. The molecule has 0 saturated heterocycles. The van der Waals surface area contributed by atoms with E-state index in [-0.39, 0.29) is 0 Å². The van der Waals surface area contributed by atoms with Crippen LogP contribution in [0.3, 0.4) is 0 Å². The van der Waals surface area contributed by atoms with Gasteiger partial charge in [-0.05, 0) is 18.2 Å². The standard InChI is InChI=1S/C11H7BrN/c12-10-6-4-9(5-7-10)11-3-1-2-8-13-11/h1-2,4-8H. The minimum atomic E-state index is 0.884. The van der Waals surface area contributed by atoms with Gasteiger partial charge in [0.05, 0.1) is 5.69 Å². The second-order valence-electron chi connectivity index (χ2n) is 2.64. The van der Waals surface area contributed by atoms with Crippen molar-refractivity contribution in [3.63, 3.8) is 0 Å². The maximum absolute atomic E-state index is 4.21. The highest BCUT2D eigenvalue weighted by Gasteiger charge is 1.96. The van der Waals surface area contributed by atoms with Crippen LogP contribution in [0.15, 0.2) is 47.1 Å². The van der Waals surface area contributed by atoms with E-state index in [2.05, 4.69) is 27.0 Å². The molecular weight excluding hydrogens is 226 g/mol. The molecule has 1 heterocycles. The van der Waals surface area contributed by atoms with Crippen LogP contribution in [0.2, 0.25) is 0 Å². The van der Waals surface area contributed by atoms with Gasteiger partial charge in [-0.15, -0.1) is 0 Å². The van der Waals surface area contributed by atoms with Crippen LogP contribution in [-0.2, 0) is 0 Å². The summed E-state index contributed by atoms with van der Waals surface area (Å²) in [7, 11) is 0. The third kappa shape index (κ3) is 1.95. The van der Waals surface area contributed by atoms with Gasteiger partial charge in [-0.25, -0.2) is 0 Å². The molecule has 0 spiro atoms. The van der Waals surface area contributed by atoms with Crippen molar-refractivity contribution in [1.29, 1.82) is 0 Å². The lowest BCUT2D eigenvalue weighted by Crippen LogP contribution is -1.80. The molecule has 0 amide bonds. The Morgan fingerprint density at radius 1 is 1.15 bits per heavy atom. The summed E-state index contributed by atoms with van der Waals surface area (Å²) < 4.78 is 1.08. The smallest absolute Gasteiger partial charge is 0.0781 e. The summed E-state index contributed by atoms with van der Waals surface area (Å²) >= 11 is 3.39. The van der Waals surface area contributed by atoms with Gasteiger partial charge in [0.25, 0.3) is 0 Å². The summed E-state index contributed by atoms with van der Waals surface area (Å²) in [6, 6.07) is 14.8. The molecular formula is C11H7BrN. The van der Waals surface area contributed by atoms with Crippen LogP contribution in [-0.4, -0.2) is 4.98 Å². The van der Waals surface area contributed by atoms with Crippen LogP contribution in [0, 0.1) is 6.07 Å². The lowest BCUT2D eigenvalue weighted by Gasteiger charge is -1.98. The molecule has 2 heteroatoms. The molecule has 0 aliphatic heterocycles. The van der Waals surface area contributed by atoms with Crippen molar-refractivity contribution in [3.05, 3.63) is 53.1 Å². The number of halogens is 1. The first kappa shape index (κ1) is 8.45. The normalized spacial score (nSPS) is 9.92. The number of rotatable bonds is 1. The van der Waals surface area contributed by atoms with Crippen molar-refractivity contribution in [2.45, 2.75) is 0 Å². The van der Waals surface area contributed by atoms with Crippen molar-refractivity contribution in [2.75, 3.05) is 0 Å². The highest BCUT2D eigenvalue weighted by atomic mass is 79.9. The first-order chi connectivity index (χ1) is 6.36. The van der Waals surface area contributed by atoms with E-state index in [1.54, 1.807) is 6.20 Å². The fraction of sp³-hybridized carbons (Fsp3) is 0. The lowest BCUT2D eigenvalue weighted by atomic mass is 10.1. The predicted molar refractivity (Wildman–Crippen MR) is 56.2 cm³/mol. The lowest BCUT2D eigenvalue weighted by molar-refractivity contribution is 1.32. The van der Waals surface area contributed by atoms with E-state index >= 15 is 0 Å². The molecule has 1 radical (unpaired) electrons. The first-order valence-corrected chi connectivity index (χ1v) is 4.74. The summed E-state index contributed by atoms with van der Waals surface area (Å²) in [5, 5.41) is 0. The number of pyridine rings is 1. The number of hydrogen-bond donors (Lipinski definition) is 0. The molecule has 0 N–H and O–H groups in total. The minimum absolute atomic E-state index is 0.884. The van der Waals surface area contributed by atoms with E-state index in [1.807, 2.05) is 36.4 Å². The van der Waals surface area contributed by atoms with Gasteiger partial charge in [0.2, 0.25) is 0 Å². The van der Waals surface area contributed by atoms with Crippen LogP contribution in [0.5, 0.6) is 0 Å². The molecule has 1 nitrogen and oxygen atoms in total. The Kier molecular flexibility index (Phi) is 2.41. The van der Waals surface area contributed by atoms with Crippen molar-refractivity contribution in [2.24, 2.45) is 0 Å². The zero-order valence-corrected chi connectivity index (χ0v) is 8.45. The summed E-state index contributed by atoms with van der Waals surface area (Å²) in [6.45, 7) is 0. The van der Waals surface area contributed by atoms with Crippen molar-refractivity contribution in [3.8, 4) is 11.3 Å². The van der Waals surface area contributed by atoms with Gasteiger partial charge in [0.1, 0.15) is 0 Å². The molecule has 0 fully saturated rings. The zero-order chi connectivity index (χ0) is 9.10. The molecule has 2 aromatic rings. The molecule has 2 rings (SSSR count). The summed E-state index contributed by atoms with van der Waals surface area (Å²) in [5.74, 6) is 0. The minimum Gasteiger partial charge on any atom is -0.256 e. The van der Waals surface area contributed by atoms with E-state index in [0.717, 1.165) is 15.7 Å². The quantitative estimate of drug-likeness (QED) is 0.736. The Hall–Kier alpha value is -1.15. The fourth-order valence-corrected chi connectivity index (χ4v) is 1.35. The summed E-state index contributed by atoms with van der Waals surface area (Å²) in [5.41, 5.74) is 1.97. The molecule has 0 bridgehead atoms. The van der Waals surface area contributed by atoms with E-state index in [9.17, 15) is 0 Å². The molecule has 0 saturated carbocycles. The van der Waals surface area contributed by atoms with Gasteiger partial charge >= 0.3 is 0 Å². The molecule has 63 valence electrons. The van der Waals surface area contributed by atoms with Crippen molar-refractivity contribution in [1.82, 2.24) is 4.98 Å². The van der Waals surface area contributed by atoms with Crippen LogP contribution in [0.1, 0.15) is 0 Å². The van der Waals surface area contributed by atoms with E-state index in [1.165, 1.54) is 0 Å². The van der Waals surface area contributed by atoms with Crippen molar-refractivity contribution >= 4 is 15.9 Å². The number of hydrogen-bond acceptors (Lipinski definition) is 1. The second-order valence-corrected chi connectivity index (χ2v) is 3.55. The highest BCUT2D eigenvalue weighted by Crippen LogP contribution is 2.18. The average Bonchev–Trinajstić information content (AvgIpc) is 2.20. The van der Waals surface area contributed by atoms with Gasteiger partial charge in [-0.1, -0.05) is 34.1 Å². The third-order valence-corrected chi connectivity index (χ3v) is 2.25. The maximum atomic E-state index is 4.21. The first-order valence-electron chi connectivity index (χ1n) is 3.95. The van der Waals surface area contributed by atoms with Gasteiger partial charge in [-0.3, -0.25) is 4.98 Å². The monoisotopic (exact) mass is 232 g/mol. The molecule has 1 aromatic carbocycles. The highest BCUT2D eigenvalue weighted by molar-refractivity contribution is 9.10. The second kappa shape index (κ2) is 3.71. The largest absolute Gasteiger partial charge is 0.256 e. The van der Waals surface area contributed by atoms with Crippen LogP contribution in [0.25, 0.3) is 11.3 Å². The van der Waals surface area contributed by atoms with E-state index in [4.69, 9.17) is 0 Å². The van der Waals surface area contributed by atoms with E-state index in [0.29, 0.717) is 0 Å². The molecule has 0 unspecified atom stereocenters. The zero-order valence-electron chi connectivity index (χ0n) is 6.87. The van der Waals surface area contributed by atoms with Gasteiger partial charge in [0.15, 0.2) is 0 Å². The Morgan fingerprint density at radius 3 is 2.54 bits per heavy atom. The third-order valence-electron chi connectivity index (χ3n) is 1.72. The molecule has 0 atom stereocenters. The van der Waals surface area contributed by atoms with Gasteiger partial charge < -0.3 is 0 Å². The predicted octanol–water partition coefficient (Wildman–Crippen LogP) is 3.31. The number of aromatic nitrogens is 1. The Labute approximate surface area is 85.6 Å². The topological polar surface area (TPSA) is 12.9 Å². The Bertz CT molecular complexity index is 381.